The lowest BCUT2D eigenvalue weighted by molar-refractivity contribution is -0.118. The Bertz CT molecular complexity index is 359. The number of carbonyl (C=O) groups excluding carboxylic acids is 1. The molecule has 0 saturated carbocycles. The zero-order valence-corrected chi connectivity index (χ0v) is 10.8. The van der Waals surface area contributed by atoms with Gasteiger partial charge in [0.05, 0.1) is 13.0 Å². The summed E-state index contributed by atoms with van der Waals surface area (Å²) in [6.07, 6.45) is 1.28. The summed E-state index contributed by atoms with van der Waals surface area (Å²) >= 11 is 0. The van der Waals surface area contributed by atoms with Gasteiger partial charge in [0, 0.05) is 12.7 Å². The minimum atomic E-state index is -0.103. The van der Waals surface area contributed by atoms with Crippen molar-refractivity contribution in [3.63, 3.8) is 0 Å². The van der Waals surface area contributed by atoms with Gasteiger partial charge in [-0.3, -0.25) is 4.79 Å². The van der Waals surface area contributed by atoms with Gasteiger partial charge in [-0.25, -0.2) is 0 Å². The van der Waals surface area contributed by atoms with Crippen LogP contribution in [-0.4, -0.2) is 24.7 Å². The molecule has 94 valence electrons. The van der Waals surface area contributed by atoms with Crippen LogP contribution in [0.15, 0.2) is 24.3 Å². The van der Waals surface area contributed by atoms with Crippen LogP contribution in [0.2, 0.25) is 0 Å². The van der Waals surface area contributed by atoms with Crippen molar-refractivity contribution in [2.24, 2.45) is 0 Å². The highest BCUT2D eigenvalue weighted by Gasteiger charge is 2.10. The second-order valence-electron chi connectivity index (χ2n) is 4.33. The molecule has 3 heteroatoms. The number of rotatable bonds is 5. The van der Waals surface area contributed by atoms with Crippen LogP contribution < -0.4 is 4.90 Å². The van der Waals surface area contributed by atoms with Gasteiger partial charge in [0.15, 0.2) is 0 Å². The highest BCUT2D eigenvalue weighted by atomic mass is 16.3. The van der Waals surface area contributed by atoms with E-state index in [4.69, 9.17) is 5.11 Å². The van der Waals surface area contributed by atoms with E-state index in [1.54, 1.807) is 11.9 Å². The summed E-state index contributed by atoms with van der Waals surface area (Å²) in [7, 11) is 1.73. The predicted octanol–water partition coefficient (Wildman–Crippen LogP) is 2.55. The Labute approximate surface area is 103 Å². The Kier molecular flexibility index (Phi) is 5.16. The van der Waals surface area contributed by atoms with E-state index in [0.717, 1.165) is 12.1 Å². The first-order chi connectivity index (χ1) is 8.10. The van der Waals surface area contributed by atoms with Crippen LogP contribution in [0.25, 0.3) is 0 Å². The molecule has 0 aliphatic heterocycles. The minimum absolute atomic E-state index is 0.0659. The Morgan fingerprint density at radius 1 is 1.35 bits per heavy atom. The van der Waals surface area contributed by atoms with Crippen molar-refractivity contribution in [2.75, 3.05) is 18.6 Å². The fourth-order valence-electron chi connectivity index (χ4n) is 1.67. The van der Waals surface area contributed by atoms with Crippen molar-refractivity contribution in [3.8, 4) is 0 Å². The van der Waals surface area contributed by atoms with Crippen LogP contribution in [-0.2, 0) is 4.79 Å². The average molecular weight is 235 g/mol. The third kappa shape index (κ3) is 3.56. The molecule has 1 aromatic carbocycles. The summed E-state index contributed by atoms with van der Waals surface area (Å²) in [6.45, 7) is 4.25. The summed E-state index contributed by atoms with van der Waals surface area (Å²) in [5, 5.41) is 8.73. The Balaban J connectivity index is 2.76. The predicted molar refractivity (Wildman–Crippen MR) is 70.3 cm³/mol. The van der Waals surface area contributed by atoms with Crippen LogP contribution in [0, 0.1) is 0 Å². The Hall–Kier alpha value is -1.35. The molecule has 17 heavy (non-hydrogen) atoms. The van der Waals surface area contributed by atoms with E-state index >= 15 is 0 Å². The largest absolute Gasteiger partial charge is 0.396 e. The molecule has 0 aliphatic carbocycles. The molecule has 0 bridgehead atoms. The smallest absolute Gasteiger partial charge is 0.229 e. The summed E-state index contributed by atoms with van der Waals surface area (Å²) in [5.41, 5.74) is 2.16. The van der Waals surface area contributed by atoms with Gasteiger partial charge < -0.3 is 10.0 Å². The van der Waals surface area contributed by atoms with Crippen molar-refractivity contribution in [3.05, 3.63) is 29.8 Å². The van der Waals surface area contributed by atoms with E-state index in [9.17, 15) is 4.79 Å². The Morgan fingerprint density at radius 2 is 1.94 bits per heavy atom. The number of hydrogen-bond donors (Lipinski definition) is 1. The second kappa shape index (κ2) is 6.40. The molecule has 1 amide bonds. The van der Waals surface area contributed by atoms with Crippen LogP contribution in [0.4, 0.5) is 5.69 Å². The molecule has 0 spiro atoms. The van der Waals surface area contributed by atoms with Crippen molar-refractivity contribution >= 4 is 11.6 Å². The van der Waals surface area contributed by atoms with Gasteiger partial charge in [-0.15, -0.1) is 0 Å². The molecule has 3 nitrogen and oxygen atoms in total. The quantitative estimate of drug-likeness (QED) is 0.852. The van der Waals surface area contributed by atoms with Crippen molar-refractivity contribution in [1.29, 1.82) is 0 Å². The van der Waals surface area contributed by atoms with E-state index in [1.165, 1.54) is 5.56 Å². The first kappa shape index (κ1) is 13.7. The number of benzene rings is 1. The number of anilines is 1. The van der Waals surface area contributed by atoms with Gasteiger partial charge in [-0.1, -0.05) is 26.0 Å². The van der Waals surface area contributed by atoms with Gasteiger partial charge >= 0.3 is 0 Å². The highest BCUT2D eigenvalue weighted by molar-refractivity contribution is 5.92. The number of hydrogen-bond acceptors (Lipinski definition) is 2. The summed E-state index contributed by atoms with van der Waals surface area (Å²) in [5.74, 6) is 0.478. The van der Waals surface area contributed by atoms with Gasteiger partial charge in [-0.2, -0.15) is 0 Å². The summed E-state index contributed by atoms with van der Waals surface area (Å²) in [4.78, 5) is 13.2. The molecular weight excluding hydrogens is 214 g/mol. The molecule has 0 radical (unpaired) electrons. The average Bonchev–Trinajstić information content (AvgIpc) is 2.37. The first-order valence-corrected chi connectivity index (χ1v) is 6.07. The fraction of sp³-hybridized carbons (Fsp3) is 0.500. The minimum Gasteiger partial charge on any atom is -0.396 e. The summed E-state index contributed by atoms with van der Waals surface area (Å²) < 4.78 is 0. The van der Waals surface area contributed by atoms with E-state index in [2.05, 4.69) is 26.0 Å². The van der Waals surface area contributed by atoms with Crippen molar-refractivity contribution in [2.45, 2.75) is 32.6 Å². The third-order valence-corrected chi connectivity index (χ3v) is 3.16. The topological polar surface area (TPSA) is 40.5 Å². The SMILES string of the molecule is CCC(C)c1ccc(N(C)C(=O)CCO)cc1. The van der Waals surface area contributed by atoms with Crippen molar-refractivity contribution in [1.82, 2.24) is 0 Å². The maximum absolute atomic E-state index is 11.6. The van der Waals surface area contributed by atoms with E-state index in [-0.39, 0.29) is 18.9 Å². The maximum atomic E-state index is 11.6. The zero-order chi connectivity index (χ0) is 12.8. The number of aliphatic hydroxyl groups is 1. The molecule has 0 aromatic heterocycles. The van der Waals surface area contributed by atoms with Crippen molar-refractivity contribution < 1.29 is 9.90 Å². The molecule has 0 aliphatic rings. The van der Waals surface area contributed by atoms with Crippen LogP contribution in [0.3, 0.4) is 0 Å². The molecule has 1 N–H and O–H groups in total. The molecule has 1 unspecified atom stereocenters. The molecular formula is C14H21NO2. The highest BCUT2D eigenvalue weighted by Crippen LogP contribution is 2.22. The molecule has 1 atom stereocenters. The van der Waals surface area contributed by atoms with Gasteiger partial charge in [0.1, 0.15) is 0 Å². The molecule has 0 fully saturated rings. The summed E-state index contributed by atoms with van der Waals surface area (Å²) in [6, 6.07) is 8.03. The normalized spacial score (nSPS) is 12.2. The van der Waals surface area contributed by atoms with Crippen LogP contribution >= 0.6 is 0 Å². The third-order valence-electron chi connectivity index (χ3n) is 3.16. The second-order valence-corrected chi connectivity index (χ2v) is 4.33. The standard InChI is InChI=1S/C14H21NO2/c1-4-11(2)12-5-7-13(8-6-12)15(3)14(17)9-10-16/h5-8,11,16H,4,9-10H2,1-3H3. The number of amides is 1. The van der Waals surface area contributed by atoms with Crippen LogP contribution in [0.5, 0.6) is 0 Å². The zero-order valence-electron chi connectivity index (χ0n) is 10.8. The number of nitrogens with zero attached hydrogens (tertiary/aromatic N) is 1. The number of aliphatic hydroxyl groups excluding tert-OH is 1. The lowest BCUT2D eigenvalue weighted by atomic mass is 9.98. The lowest BCUT2D eigenvalue weighted by Crippen LogP contribution is -2.26. The van der Waals surface area contributed by atoms with Crippen LogP contribution in [0.1, 0.15) is 38.2 Å². The monoisotopic (exact) mass is 235 g/mol. The maximum Gasteiger partial charge on any atom is 0.229 e. The van der Waals surface area contributed by atoms with Gasteiger partial charge in [0.25, 0.3) is 0 Å². The van der Waals surface area contributed by atoms with E-state index < -0.39 is 0 Å². The van der Waals surface area contributed by atoms with E-state index in [1.807, 2.05) is 12.1 Å². The first-order valence-electron chi connectivity index (χ1n) is 6.07. The number of carbonyl (C=O) groups is 1. The van der Waals surface area contributed by atoms with Gasteiger partial charge in [0.2, 0.25) is 5.91 Å². The lowest BCUT2D eigenvalue weighted by Gasteiger charge is -2.18. The molecule has 1 aromatic rings. The van der Waals surface area contributed by atoms with E-state index in [0.29, 0.717) is 5.92 Å². The molecule has 0 heterocycles. The molecule has 0 saturated heterocycles. The fourth-order valence-corrected chi connectivity index (χ4v) is 1.67. The van der Waals surface area contributed by atoms with Gasteiger partial charge in [-0.05, 0) is 30.0 Å². The Morgan fingerprint density at radius 3 is 2.41 bits per heavy atom. The molecule has 1 rings (SSSR count).